The van der Waals surface area contributed by atoms with Crippen molar-refractivity contribution in [2.45, 2.75) is 18.3 Å². The van der Waals surface area contributed by atoms with Crippen molar-refractivity contribution in [3.05, 3.63) is 40.0 Å². The van der Waals surface area contributed by atoms with E-state index in [1.54, 1.807) is 6.20 Å². The maximum atomic E-state index is 6.04. The van der Waals surface area contributed by atoms with Crippen molar-refractivity contribution in [3.63, 3.8) is 0 Å². The quantitative estimate of drug-likeness (QED) is 0.590. The van der Waals surface area contributed by atoms with Crippen LogP contribution in [0.25, 0.3) is 0 Å². The summed E-state index contributed by atoms with van der Waals surface area (Å²) in [6, 6.07) is 3.85. The van der Waals surface area contributed by atoms with E-state index in [4.69, 9.17) is 11.6 Å². The first kappa shape index (κ1) is 11.6. The lowest BCUT2D eigenvalue weighted by molar-refractivity contribution is 0.737. The summed E-state index contributed by atoms with van der Waals surface area (Å²) in [4.78, 5) is 15.0. The molecule has 1 aliphatic heterocycles. The molecule has 4 rings (SSSR count). The standard InChI is InChI=1S/C13H10BrClN4/c14-12-16-4-1-11(18-12)19-7-13(2-3-13)8-6-17-10(15)5-9(8)19/h1,4-6H,2-3,7H2. The van der Waals surface area contributed by atoms with Gasteiger partial charge in [0.1, 0.15) is 11.0 Å². The second-order valence-corrected chi connectivity index (χ2v) is 6.17. The van der Waals surface area contributed by atoms with Crippen molar-refractivity contribution >= 4 is 39.0 Å². The van der Waals surface area contributed by atoms with E-state index in [-0.39, 0.29) is 5.41 Å². The van der Waals surface area contributed by atoms with Crippen LogP contribution in [0, 0.1) is 0 Å². The fraction of sp³-hybridized carbons (Fsp3) is 0.308. The van der Waals surface area contributed by atoms with Gasteiger partial charge in [0.25, 0.3) is 0 Å². The first-order valence-corrected chi connectivity index (χ1v) is 7.27. The van der Waals surface area contributed by atoms with Crippen LogP contribution >= 0.6 is 27.5 Å². The Labute approximate surface area is 124 Å². The maximum Gasteiger partial charge on any atom is 0.198 e. The summed E-state index contributed by atoms with van der Waals surface area (Å²) in [5.41, 5.74) is 2.69. The predicted molar refractivity (Wildman–Crippen MR) is 76.9 cm³/mol. The molecule has 2 aromatic rings. The molecule has 2 aromatic heterocycles. The zero-order valence-electron chi connectivity index (χ0n) is 9.98. The summed E-state index contributed by atoms with van der Waals surface area (Å²) in [6.45, 7) is 0.952. The van der Waals surface area contributed by atoms with E-state index in [0.717, 1.165) is 18.1 Å². The fourth-order valence-corrected chi connectivity index (χ4v) is 3.24. The molecule has 0 unspecified atom stereocenters. The molecule has 0 radical (unpaired) electrons. The van der Waals surface area contributed by atoms with Crippen molar-refractivity contribution in [1.29, 1.82) is 0 Å². The van der Waals surface area contributed by atoms with E-state index in [1.807, 2.05) is 18.3 Å². The van der Waals surface area contributed by atoms with E-state index in [0.29, 0.717) is 9.89 Å². The number of hydrogen-bond acceptors (Lipinski definition) is 4. The zero-order valence-corrected chi connectivity index (χ0v) is 12.3. The van der Waals surface area contributed by atoms with Gasteiger partial charge in [-0.2, -0.15) is 0 Å². The highest BCUT2D eigenvalue weighted by Crippen LogP contribution is 2.57. The van der Waals surface area contributed by atoms with Crippen LogP contribution in [-0.4, -0.2) is 21.5 Å². The molecule has 3 heterocycles. The van der Waals surface area contributed by atoms with Gasteiger partial charge in [0.15, 0.2) is 4.73 Å². The molecule has 96 valence electrons. The highest BCUT2D eigenvalue weighted by atomic mass is 79.9. The molecule has 0 N–H and O–H groups in total. The molecule has 0 amide bonds. The van der Waals surface area contributed by atoms with Crippen LogP contribution in [0.15, 0.2) is 29.3 Å². The molecule has 4 nitrogen and oxygen atoms in total. The number of aromatic nitrogens is 3. The largest absolute Gasteiger partial charge is 0.325 e. The Kier molecular flexibility index (Phi) is 2.38. The van der Waals surface area contributed by atoms with Crippen molar-refractivity contribution in [2.24, 2.45) is 0 Å². The minimum absolute atomic E-state index is 0.268. The van der Waals surface area contributed by atoms with Crippen LogP contribution in [-0.2, 0) is 5.41 Å². The Morgan fingerprint density at radius 3 is 2.89 bits per heavy atom. The molecule has 2 aliphatic rings. The number of pyridine rings is 1. The van der Waals surface area contributed by atoms with E-state index in [2.05, 4.69) is 35.8 Å². The maximum absolute atomic E-state index is 6.04. The number of halogens is 2. The topological polar surface area (TPSA) is 41.9 Å². The second-order valence-electron chi connectivity index (χ2n) is 5.07. The van der Waals surface area contributed by atoms with Crippen molar-refractivity contribution in [2.75, 3.05) is 11.4 Å². The summed E-state index contributed by atoms with van der Waals surface area (Å²) in [6.07, 6.45) is 6.10. The van der Waals surface area contributed by atoms with Gasteiger partial charge in [0, 0.05) is 29.9 Å². The van der Waals surface area contributed by atoms with Gasteiger partial charge in [0.05, 0.1) is 5.69 Å². The minimum Gasteiger partial charge on any atom is -0.325 e. The third-order valence-electron chi connectivity index (χ3n) is 3.91. The van der Waals surface area contributed by atoms with Crippen LogP contribution in [0.2, 0.25) is 5.15 Å². The third-order valence-corrected chi connectivity index (χ3v) is 4.50. The molecule has 0 atom stereocenters. The van der Waals surface area contributed by atoms with Gasteiger partial charge in [-0.15, -0.1) is 0 Å². The van der Waals surface area contributed by atoms with Crippen LogP contribution in [0.3, 0.4) is 0 Å². The number of rotatable bonds is 1. The predicted octanol–water partition coefficient (Wildman–Crippen LogP) is 3.47. The minimum atomic E-state index is 0.268. The van der Waals surface area contributed by atoms with Crippen LogP contribution < -0.4 is 4.90 Å². The van der Waals surface area contributed by atoms with Gasteiger partial charge in [-0.1, -0.05) is 11.6 Å². The van der Waals surface area contributed by atoms with Crippen molar-refractivity contribution in [1.82, 2.24) is 15.0 Å². The van der Waals surface area contributed by atoms with Gasteiger partial charge >= 0.3 is 0 Å². The lowest BCUT2D eigenvalue weighted by Crippen LogP contribution is -2.20. The van der Waals surface area contributed by atoms with Gasteiger partial charge in [0.2, 0.25) is 0 Å². The van der Waals surface area contributed by atoms with Gasteiger partial charge < -0.3 is 4.90 Å². The third kappa shape index (κ3) is 1.75. The molecular formula is C13H10BrClN4. The SMILES string of the molecule is Clc1cc2c(cn1)C1(CC1)CN2c1ccnc(Br)n1. The molecule has 1 saturated carbocycles. The van der Waals surface area contributed by atoms with Gasteiger partial charge in [-0.3, -0.25) is 0 Å². The molecule has 6 heteroatoms. The molecule has 19 heavy (non-hydrogen) atoms. The first-order chi connectivity index (χ1) is 9.18. The fourth-order valence-electron chi connectivity index (χ4n) is 2.78. The summed E-state index contributed by atoms with van der Waals surface area (Å²) in [7, 11) is 0. The Balaban J connectivity index is 1.86. The number of anilines is 2. The molecule has 1 fully saturated rings. The number of hydrogen-bond donors (Lipinski definition) is 0. The van der Waals surface area contributed by atoms with Crippen LogP contribution in [0.5, 0.6) is 0 Å². The van der Waals surface area contributed by atoms with Crippen molar-refractivity contribution < 1.29 is 0 Å². The normalized spacial score (nSPS) is 18.7. The van der Waals surface area contributed by atoms with Crippen LogP contribution in [0.4, 0.5) is 11.5 Å². The Hall–Kier alpha value is -1.20. The summed E-state index contributed by atoms with van der Waals surface area (Å²) < 4.78 is 0.600. The van der Waals surface area contributed by atoms with Crippen LogP contribution in [0.1, 0.15) is 18.4 Å². The number of fused-ring (bicyclic) bond motifs is 2. The second kappa shape index (κ2) is 3.90. The molecule has 1 spiro atoms. The van der Waals surface area contributed by atoms with Gasteiger partial charge in [-0.25, -0.2) is 15.0 Å². The summed E-state index contributed by atoms with van der Waals surface area (Å²) in [5, 5.41) is 0.523. The molecular weight excluding hydrogens is 328 g/mol. The lowest BCUT2D eigenvalue weighted by Gasteiger charge is -2.18. The average molecular weight is 338 g/mol. The molecule has 0 bridgehead atoms. The Bertz CT molecular complexity index is 671. The highest BCUT2D eigenvalue weighted by Gasteiger charge is 2.52. The smallest absolute Gasteiger partial charge is 0.198 e. The van der Waals surface area contributed by atoms with E-state index in [1.165, 1.54) is 18.4 Å². The first-order valence-electron chi connectivity index (χ1n) is 6.10. The summed E-state index contributed by atoms with van der Waals surface area (Å²) >= 11 is 9.36. The Morgan fingerprint density at radius 2 is 2.16 bits per heavy atom. The molecule has 0 aromatic carbocycles. The summed E-state index contributed by atoms with van der Waals surface area (Å²) in [5.74, 6) is 0.897. The Morgan fingerprint density at radius 1 is 1.32 bits per heavy atom. The zero-order chi connectivity index (χ0) is 13.0. The highest BCUT2D eigenvalue weighted by molar-refractivity contribution is 9.10. The van der Waals surface area contributed by atoms with E-state index < -0.39 is 0 Å². The van der Waals surface area contributed by atoms with E-state index in [9.17, 15) is 0 Å². The monoisotopic (exact) mass is 336 g/mol. The lowest BCUT2D eigenvalue weighted by atomic mass is 10.0. The molecule has 1 aliphatic carbocycles. The van der Waals surface area contributed by atoms with Crippen molar-refractivity contribution in [3.8, 4) is 0 Å². The van der Waals surface area contributed by atoms with Gasteiger partial charge in [-0.05, 0) is 40.9 Å². The molecule has 0 saturated heterocycles. The average Bonchev–Trinajstić information content (AvgIpc) is 3.09. The van der Waals surface area contributed by atoms with E-state index >= 15 is 0 Å². The number of nitrogens with zero attached hydrogens (tertiary/aromatic N) is 4.